The highest BCUT2D eigenvalue weighted by molar-refractivity contribution is 6.33. The molecule has 0 aliphatic rings. The van der Waals surface area contributed by atoms with Gasteiger partial charge in [-0.05, 0) is 67.1 Å². The standard InChI is InChI=1S/C29H21ClN4O4/c1-19-7-15-27(20-5-3-2-4-6-20)33(19)22-10-8-21(9-11-22)29(35)32-31-18-24-13-16-28(38-24)25-14-12-23(34(36)37)17-26(25)30/h2-18H,1H3,(H,32,35)/b31-18+. The molecule has 0 aliphatic carbocycles. The third kappa shape index (κ3) is 5.11. The number of amides is 1. The van der Waals surface area contributed by atoms with Gasteiger partial charge in [0.2, 0.25) is 0 Å². The zero-order valence-corrected chi connectivity index (χ0v) is 20.9. The van der Waals surface area contributed by atoms with Gasteiger partial charge in [0, 0.05) is 34.6 Å². The summed E-state index contributed by atoms with van der Waals surface area (Å²) < 4.78 is 7.84. The van der Waals surface area contributed by atoms with Crippen molar-refractivity contribution in [3.63, 3.8) is 0 Å². The summed E-state index contributed by atoms with van der Waals surface area (Å²) >= 11 is 6.17. The van der Waals surface area contributed by atoms with Gasteiger partial charge in [-0.3, -0.25) is 14.9 Å². The normalized spacial score (nSPS) is 11.1. The van der Waals surface area contributed by atoms with Crippen LogP contribution in [0.15, 0.2) is 107 Å². The number of hydrogen-bond donors (Lipinski definition) is 1. The van der Waals surface area contributed by atoms with Crippen LogP contribution in [0.25, 0.3) is 28.3 Å². The Bertz CT molecular complexity index is 1650. The van der Waals surface area contributed by atoms with Crippen LogP contribution in [0.1, 0.15) is 21.8 Å². The molecule has 0 aliphatic heterocycles. The number of hydrazone groups is 1. The summed E-state index contributed by atoms with van der Waals surface area (Å²) in [5, 5.41) is 15.1. The molecule has 1 N–H and O–H groups in total. The van der Waals surface area contributed by atoms with E-state index in [9.17, 15) is 14.9 Å². The van der Waals surface area contributed by atoms with Crippen LogP contribution in [-0.2, 0) is 0 Å². The number of furan rings is 1. The quantitative estimate of drug-likeness (QED) is 0.140. The van der Waals surface area contributed by atoms with Gasteiger partial charge < -0.3 is 8.98 Å². The monoisotopic (exact) mass is 524 g/mol. The van der Waals surface area contributed by atoms with E-state index in [-0.39, 0.29) is 16.6 Å². The Labute approximate surface area is 223 Å². The lowest BCUT2D eigenvalue weighted by Gasteiger charge is -2.12. The Balaban J connectivity index is 1.26. The van der Waals surface area contributed by atoms with Gasteiger partial charge in [-0.25, -0.2) is 5.43 Å². The van der Waals surface area contributed by atoms with E-state index in [0.29, 0.717) is 22.6 Å². The van der Waals surface area contributed by atoms with E-state index in [0.717, 1.165) is 22.6 Å². The second kappa shape index (κ2) is 10.6. The van der Waals surface area contributed by atoms with Gasteiger partial charge in [-0.15, -0.1) is 0 Å². The van der Waals surface area contributed by atoms with Crippen molar-refractivity contribution in [3.05, 3.63) is 129 Å². The fraction of sp³-hybridized carbons (Fsp3) is 0.0345. The number of aromatic nitrogens is 1. The minimum Gasteiger partial charge on any atom is -0.455 e. The highest BCUT2D eigenvalue weighted by atomic mass is 35.5. The van der Waals surface area contributed by atoms with Crippen molar-refractivity contribution in [3.8, 4) is 28.3 Å². The molecule has 0 radical (unpaired) electrons. The first-order chi connectivity index (χ1) is 18.4. The third-order valence-corrected chi connectivity index (χ3v) is 6.26. The van der Waals surface area contributed by atoms with Crippen molar-refractivity contribution in [1.82, 2.24) is 9.99 Å². The van der Waals surface area contributed by atoms with E-state index in [1.807, 2.05) is 37.3 Å². The number of nitro benzene ring substituents is 1. The highest BCUT2D eigenvalue weighted by Crippen LogP contribution is 2.32. The maximum absolute atomic E-state index is 12.6. The van der Waals surface area contributed by atoms with Crippen LogP contribution in [-0.4, -0.2) is 21.6 Å². The van der Waals surface area contributed by atoms with Crippen molar-refractivity contribution >= 4 is 29.4 Å². The maximum atomic E-state index is 12.6. The molecular formula is C29H21ClN4O4. The number of rotatable bonds is 7. The summed E-state index contributed by atoms with van der Waals surface area (Å²) in [7, 11) is 0. The van der Waals surface area contributed by atoms with E-state index in [2.05, 4.69) is 39.4 Å². The Morgan fingerprint density at radius 3 is 2.47 bits per heavy atom. The third-order valence-electron chi connectivity index (χ3n) is 5.95. The molecule has 0 saturated carbocycles. The van der Waals surface area contributed by atoms with E-state index in [1.165, 1.54) is 24.4 Å². The lowest BCUT2D eigenvalue weighted by Crippen LogP contribution is -2.17. The highest BCUT2D eigenvalue weighted by Gasteiger charge is 2.14. The maximum Gasteiger partial charge on any atom is 0.271 e. The van der Waals surface area contributed by atoms with Gasteiger partial charge in [0.1, 0.15) is 11.5 Å². The topological polar surface area (TPSA) is 103 Å². The van der Waals surface area contributed by atoms with Crippen molar-refractivity contribution < 1.29 is 14.1 Å². The largest absolute Gasteiger partial charge is 0.455 e. The molecular weight excluding hydrogens is 504 g/mol. The molecule has 5 aromatic rings. The SMILES string of the molecule is Cc1ccc(-c2ccccc2)n1-c1ccc(C(=O)N/N=C/c2ccc(-c3ccc([N+](=O)[O-])cc3Cl)o2)cc1. The molecule has 3 aromatic carbocycles. The van der Waals surface area contributed by atoms with Gasteiger partial charge in [0.15, 0.2) is 0 Å². The van der Waals surface area contributed by atoms with E-state index in [1.54, 1.807) is 24.3 Å². The molecule has 0 spiro atoms. The minimum absolute atomic E-state index is 0.108. The van der Waals surface area contributed by atoms with Crippen molar-refractivity contribution in [1.29, 1.82) is 0 Å². The predicted molar refractivity (Wildman–Crippen MR) is 147 cm³/mol. The van der Waals surface area contributed by atoms with Gasteiger partial charge in [-0.1, -0.05) is 41.9 Å². The average molecular weight is 525 g/mol. The van der Waals surface area contributed by atoms with Gasteiger partial charge in [-0.2, -0.15) is 5.10 Å². The number of nitrogens with one attached hydrogen (secondary N) is 1. The Hall–Kier alpha value is -4.95. The first-order valence-corrected chi connectivity index (χ1v) is 12.0. The Kier molecular flexibility index (Phi) is 6.88. The number of hydrogen-bond acceptors (Lipinski definition) is 5. The van der Waals surface area contributed by atoms with Gasteiger partial charge in [0.25, 0.3) is 11.6 Å². The van der Waals surface area contributed by atoms with Crippen LogP contribution in [0.3, 0.4) is 0 Å². The number of non-ortho nitro benzene ring substituents is 1. The number of nitrogens with zero attached hydrogens (tertiary/aromatic N) is 3. The lowest BCUT2D eigenvalue weighted by molar-refractivity contribution is -0.384. The van der Waals surface area contributed by atoms with Crippen molar-refractivity contribution in [2.75, 3.05) is 0 Å². The molecule has 188 valence electrons. The second-order valence-electron chi connectivity index (χ2n) is 8.43. The first-order valence-electron chi connectivity index (χ1n) is 11.6. The lowest BCUT2D eigenvalue weighted by atomic mass is 10.1. The molecule has 0 atom stereocenters. The molecule has 9 heteroatoms. The minimum atomic E-state index is -0.518. The van der Waals surface area contributed by atoms with Crippen LogP contribution in [0, 0.1) is 17.0 Å². The molecule has 2 aromatic heterocycles. The number of aryl methyl sites for hydroxylation is 1. The van der Waals surface area contributed by atoms with Crippen LogP contribution in [0.2, 0.25) is 5.02 Å². The summed E-state index contributed by atoms with van der Waals surface area (Å²) in [6.45, 7) is 2.04. The summed E-state index contributed by atoms with van der Waals surface area (Å²) in [4.78, 5) is 23.0. The average Bonchev–Trinajstić information content (AvgIpc) is 3.55. The predicted octanol–water partition coefficient (Wildman–Crippen LogP) is 7.04. The summed E-state index contributed by atoms with van der Waals surface area (Å²) in [6.07, 6.45) is 1.37. The van der Waals surface area contributed by atoms with Crippen LogP contribution >= 0.6 is 11.6 Å². The summed E-state index contributed by atoms with van der Waals surface area (Å²) in [6, 6.07) is 29.0. The molecule has 38 heavy (non-hydrogen) atoms. The molecule has 1 amide bonds. The smallest absolute Gasteiger partial charge is 0.271 e. The number of halogens is 1. The molecule has 0 unspecified atom stereocenters. The van der Waals surface area contributed by atoms with Gasteiger partial charge in [0.05, 0.1) is 21.9 Å². The molecule has 0 saturated heterocycles. The molecule has 8 nitrogen and oxygen atoms in total. The van der Waals surface area contributed by atoms with Crippen LogP contribution in [0.4, 0.5) is 5.69 Å². The number of benzene rings is 3. The number of carbonyl (C=O) groups is 1. The van der Waals surface area contributed by atoms with Crippen LogP contribution in [0.5, 0.6) is 0 Å². The fourth-order valence-electron chi connectivity index (χ4n) is 4.08. The number of carbonyl (C=O) groups excluding carboxylic acids is 1. The van der Waals surface area contributed by atoms with Gasteiger partial charge >= 0.3 is 0 Å². The van der Waals surface area contributed by atoms with Crippen molar-refractivity contribution in [2.24, 2.45) is 5.10 Å². The zero-order chi connectivity index (χ0) is 26.6. The Morgan fingerprint density at radius 2 is 1.76 bits per heavy atom. The molecule has 2 heterocycles. The molecule has 0 fully saturated rings. The Morgan fingerprint density at radius 1 is 1.00 bits per heavy atom. The number of nitro groups is 1. The van der Waals surface area contributed by atoms with Crippen molar-refractivity contribution in [2.45, 2.75) is 6.92 Å². The molecule has 0 bridgehead atoms. The second-order valence-corrected chi connectivity index (χ2v) is 8.84. The van der Waals surface area contributed by atoms with Crippen LogP contribution < -0.4 is 5.43 Å². The summed E-state index contributed by atoms with van der Waals surface area (Å²) in [5.74, 6) is 0.426. The fourth-order valence-corrected chi connectivity index (χ4v) is 4.35. The van der Waals surface area contributed by atoms with E-state index >= 15 is 0 Å². The zero-order valence-electron chi connectivity index (χ0n) is 20.2. The first kappa shape index (κ1) is 24.7. The van der Waals surface area contributed by atoms with E-state index < -0.39 is 4.92 Å². The van der Waals surface area contributed by atoms with E-state index in [4.69, 9.17) is 16.0 Å². The summed E-state index contributed by atoms with van der Waals surface area (Å²) in [5.41, 5.74) is 7.55. The molecule has 5 rings (SSSR count).